The van der Waals surface area contributed by atoms with Gasteiger partial charge in [0.2, 0.25) is 5.91 Å². The first-order valence-corrected chi connectivity index (χ1v) is 9.89. The van der Waals surface area contributed by atoms with E-state index in [0.717, 1.165) is 13.1 Å². The molecule has 2 aromatic carbocycles. The molecular formula is C23H29N3O2. The van der Waals surface area contributed by atoms with E-state index in [9.17, 15) is 10.1 Å². The minimum atomic E-state index is -0.847. The molecule has 1 aliphatic heterocycles. The summed E-state index contributed by atoms with van der Waals surface area (Å²) in [4.78, 5) is 14.6. The Morgan fingerprint density at radius 2 is 1.93 bits per heavy atom. The molecular weight excluding hydrogens is 350 g/mol. The van der Waals surface area contributed by atoms with E-state index in [2.05, 4.69) is 46.6 Å². The normalized spacial score (nSPS) is 18.3. The third-order valence-electron chi connectivity index (χ3n) is 5.93. The highest BCUT2D eigenvalue weighted by atomic mass is 16.5. The zero-order chi connectivity index (χ0) is 20.3. The number of fused-ring (bicyclic) bond motifs is 1. The number of ether oxygens (including phenoxy) is 1. The first-order valence-electron chi connectivity index (χ1n) is 9.89. The molecule has 28 heavy (non-hydrogen) atoms. The van der Waals surface area contributed by atoms with E-state index in [1.54, 1.807) is 6.92 Å². The molecule has 2 atom stereocenters. The predicted octanol–water partition coefficient (Wildman–Crippen LogP) is 3.48. The van der Waals surface area contributed by atoms with Gasteiger partial charge in [0, 0.05) is 13.1 Å². The van der Waals surface area contributed by atoms with Crippen molar-refractivity contribution < 1.29 is 9.53 Å². The molecule has 1 amide bonds. The lowest BCUT2D eigenvalue weighted by molar-refractivity contribution is -0.135. The van der Waals surface area contributed by atoms with Crippen LogP contribution in [0, 0.1) is 17.2 Å². The maximum atomic E-state index is 12.5. The molecule has 2 aromatic rings. The first kappa shape index (κ1) is 20.3. The zero-order valence-electron chi connectivity index (χ0n) is 17.1. The van der Waals surface area contributed by atoms with Crippen LogP contribution in [0.25, 0.3) is 10.8 Å². The Morgan fingerprint density at radius 3 is 2.61 bits per heavy atom. The summed E-state index contributed by atoms with van der Waals surface area (Å²) in [5, 5.41) is 14.7. The highest BCUT2D eigenvalue weighted by molar-refractivity contribution is 5.85. The van der Waals surface area contributed by atoms with Crippen molar-refractivity contribution in [3.8, 4) is 6.07 Å². The number of carbonyl (C=O) groups excluding carboxylic acids is 1. The van der Waals surface area contributed by atoms with Gasteiger partial charge in [0.1, 0.15) is 5.54 Å². The summed E-state index contributed by atoms with van der Waals surface area (Å²) in [6.07, 6.45) is 0.127. The number of amides is 1. The van der Waals surface area contributed by atoms with Gasteiger partial charge in [-0.1, -0.05) is 56.3 Å². The fourth-order valence-corrected chi connectivity index (χ4v) is 3.34. The molecule has 0 unspecified atom stereocenters. The fourth-order valence-electron chi connectivity index (χ4n) is 3.34. The van der Waals surface area contributed by atoms with Gasteiger partial charge >= 0.3 is 0 Å². The number of nitrogens with zero attached hydrogens (tertiary/aromatic N) is 2. The highest BCUT2D eigenvalue weighted by Crippen LogP contribution is 2.23. The number of benzene rings is 2. The van der Waals surface area contributed by atoms with Crippen molar-refractivity contribution in [3.63, 3.8) is 0 Å². The predicted molar refractivity (Wildman–Crippen MR) is 111 cm³/mol. The molecule has 1 N–H and O–H groups in total. The number of hydrogen-bond donors (Lipinski definition) is 1. The fraction of sp³-hybridized carbons (Fsp3) is 0.478. The maximum absolute atomic E-state index is 12.5. The average Bonchev–Trinajstić information content (AvgIpc) is 2.66. The summed E-state index contributed by atoms with van der Waals surface area (Å²) >= 11 is 0. The van der Waals surface area contributed by atoms with Gasteiger partial charge in [-0.25, -0.2) is 0 Å². The molecule has 0 spiro atoms. The molecule has 0 bridgehead atoms. The number of hydrogen-bond acceptors (Lipinski definition) is 4. The van der Waals surface area contributed by atoms with Gasteiger partial charge in [-0.15, -0.1) is 0 Å². The van der Waals surface area contributed by atoms with Crippen LogP contribution in [0.3, 0.4) is 0 Å². The van der Waals surface area contributed by atoms with Crippen LogP contribution in [0.4, 0.5) is 0 Å². The molecule has 1 heterocycles. The van der Waals surface area contributed by atoms with Gasteiger partial charge in [-0.3, -0.25) is 9.69 Å². The summed E-state index contributed by atoms with van der Waals surface area (Å²) in [6.45, 7) is 9.56. The standard InChI is InChI=1S/C23H29N3O2/c1-16(2)23(4,15-24)25-22(27)17(3)26-12-20(13-26)28-14-19-10-7-9-18-8-5-6-11-21(18)19/h5-11,16-17,20H,12-14H2,1-4H3,(H,25,27)/t17-,23+/m1/s1. The van der Waals surface area contributed by atoms with Gasteiger partial charge in [-0.2, -0.15) is 5.26 Å². The first-order chi connectivity index (χ1) is 13.3. The van der Waals surface area contributed by atoms with Gasteiger partial charge < -0.3 is 10.1 Å². The third-order valence-corrected chi connectivity index (χ3v) is 5.93. The Morgan fingerprint density at radius 1 is 1.25 bits per heavy atom. The Bertz CT molecular complexity index is 878. The second-order valence-electron chi connectivity index (χ2n) is 8.16. The van der Waals surface area contributed by atoms with E-state index in [0.29, 0.717) is 6.61 Å². The summed E-state index contributed by atoms with van der Waals surface area (Å²) in [6, 6.07) is 16.5. The van der Waals surface area contributed by atoms with Crippen molar-refractivity contribution in [1.29, 1.82) is 5.26 Å². The molecule has 0 radical (unpaired) electrons. The average molecular weight is 380 g/mol. The Labute approximate surface area is 167 Å². The van der Waals surface area contributed by atoms with Gasteiger partial charge in [0.05, 0.1) is 24.8 Å². The number of rotatable bonds is 7. The van der Waals surface area contributed by atoms with Crippen LogP contribution in [0.5, 0.6) is 0 Å². The van der Waals surface area contributed by atoms with E-state index >= 15 is 0 Å². The number of nitriles is 1. The molecule has 1 aliphatic rings. The van der Waals surface area contributed by atoms with E-state index in [4.69, 9.17) is 4.74 Å². The van der Waals surface area contributed by atoms with Crippen LogP contribution in [-0.4, -0.2) is 41.6 Å². The van der Waals surface area contributed by atoms with Crippen molar-refractivity contribution in [3.05, 3.63) is 48.0 Å². The summed E-state index contributed by atoms with van der Waals surface area (Å²) in [7, 11) is 0. The van der Waals surface area contributed by atoms with Crippen LogP contribution >= 0.6 is 0 Å². The second kappa shape index (κ2) is 8.30. The highest BCUT2D eigenvalue weighted by Gasteiger charge is 2.37. The summed E-state index contributed by atoms with van der Waals surface area (Å²) < 4.78 is 6.07. The van der Waals surface area contributed by atoms with Crippen molar-refractivity contribution in [2.75, 3.05) is 13.1 Å². The molecule has 5 nitrogen and oxygen atoms in total. The van der Waals surface area contributed by atoms with Crippen LogP contribution in [0.2, 0.25) is 0 Å². The smallest absolute Gasteiger partial charge is 0.238 e. The van der Waals surface area contributed by atoms with Crippen molar-refractivity contribution >= 4 is 16.7 Å². The Balaban J connectivity index is 1.50. The van der Waals surface area contributed by atoms with Gasteiger partial charge in [-0.05, 0) is 36.1 Å². The minimum Gasteiger partial charge on any atom is -0.371 e. The Hall–Kier alpha value is -2.42. The summed E-state index contributed by atoms with van der Waals surface area (Å²) in [5.74, 6) is -0.0629. The molecule has 1 saturated heterocycles. The lowest BCUT2D eigenvalue weighted by atomic mass is 9.89. The van der Waals surface area contributed by atoms with Gasteiger partial charge in [0.25, 0.3) is 0 Å². The number of carbonyl (C=O) groups is 1. The summed E-state index contributed by atoms with van der Waals surface area (Å²) in [5.41, 5.74) is 0.338. The number of likely N-dealkylation sites (tertiary alicyclic amines) is 1. The zero-order valence-corrected chi connectivity index (χ0v) is 17.1. The third kappa shape index (κ3) is 4.19. The van der Waals surface area contributed by atoms with Crippen molar-refractivity contribution in [1.82, 2.24) is 10.2 Å². The lowest BCUT2D eigenvalue weighted by Crippen LogP contribution is -2.62. The van der Waals surface area contributed by atoms with Crippen molar-refractivity contribution in [2.45, 2.75) is 52.0 Å². The molecule has 3 rings (SSSR count). The van der Waals surface area contributed by atoms with Crippen molar-refractivity contribution in [2.24, 2.45) is 5.92 Å². The van der Waals surface area contributed by atoms with E-state index in [1.165, 1.54) is 16.3 Å². The SMILES string of the molecule is CC(C)[C@](C)(C#N)NC(=O)[C@@H](C)N1CC(OCc2cccc3ccccc23)C1. The second-order valence-corrected chi connectivity index (χ2v) is 8.16. The molecule has 1 fully saturated rings. The molecule has 148 valence electrons. The van der Waals surface area contributed by atoms with Crippen LogP contribution in [-0.2, 0) is 16.1 Å². The molecule has 0 aliphatic carbocycles. The molecule has 0 aromatic heterocycles. The van der Waals surface area contributed by atoms with E-state index in [1.807, 2.05) is 32.9 Å². The maximum Gasteiger partial charge on any atom is 0.238 e. The monoisotopic (exact) mass is 379 g/mol. The van der Waals surface area contributed by atoms with Crippen LogP contribution in [0.1, 0.15) is 33.3 Å². The topological polar surface area (TPSA) is 65.4 Å². The lowest BCUT2D eigenvalue weighted by Gasteiger charge is -2.43. The van der Waals surface area contributed by atoms with Crippen LogP contribution < -0.4 is 5.32 Å². The number of nitrogens with one attached hydrogen (secondary N) is 1. The largest absolute Gasteiger partial charge is 0.371 e. The quantitative estimate of drug-likeness (QED) is 0.800. The molecule has 0 saturated carbocycles. The van der Waals surface area contributed by atoms with Crippen LogP contribution in [0.15, 0.2) is 42.5 Å². The molecule has 5 heteroatoms. The van der Waals surface area contributed by atoms with Gasteiger partial charge in [0.15, 0.2) is 0 Å². The van der Waals surface area contributed by atoms with E-state index in [-0.39, 0.29) is 24.0 Å². The minimum absolute atomic E-state index is 0.0433. The van der Waals surface area contributed by atoms with E-state index < -0.39 is 5.54 Å². The Kier molecular flexibility index (Phi) is 6.02.